The lowest BCUT2D eigenvalue weighted by Gasteiger charge is -2.05. The standard InChI is InChI=1S/C11H10N4O4/c1-7-9(15(18)19)10(16)14(11(17)13-7)6-8-2-4-12-5-3-8/h2-5H,6H2,1H3,(H,13,17). The number of rotatable bonds is 3. The van der Waals surface area contributed by atoms with Crippen LogP contribution in [-0.2, 0) is 6.54 Å². The van der Waals surface area contributed by atoms with Crippen molar-refractivity contribution in [3.8, 4) is 0 Å². The second kappa shape index (κ2) is 4.84. The van der Waals surface area contributed by atoms with Crippen LogP contribution >= 0.6 is 0 Å². The van der Waals surface area contributed by atoms with E-state index in [0.29, 0.717) is 5.56 Å². The first-order valence-corrected chi connectivity index (χ1v) is 5.37. The second-order valence-electron chi connectivity index (χ2n) is 3.91. The van der Waals surface area contributed by atoms with Crippen LogP contribution in [-0.4, -0.2) is 19.5 Å². The van der Waals surface area contributed by atoms with Crippen molar-refractivity contribution < 1.29 is 4.92 Å². The minimum Gasteiger partial charge on any atom is -0.305 e. The molecule has 19 heavy (non-hydrogen) atoms. The molecule has 0 amide bonds. The van der Waals surface area contributed by atoms with E-state index in [0.717, 1.165) is 4.57 Å². The number of nitrogens with zero attached hydrogens (tertiary/aromatic N) is 3. The lowest BCUT2D eigenvalue weighted by Crippen LogP contribution is -2.37. The summed E-state index contributed by atoms with van der Waals surface area (Å²) >= 11 is 0. The molecule has 0 unspecified atom stereocenters. The van der Waals surface area contributed by atoms with Gasteiger partial charge >= 0.3 is 16.9 Å². The summed E-state index contributed by atoms with van der Waals surface area (Å²) in [5, 5.41) is 10.8. The molecule has 0 aliphatic carbocycles. The summed E-state index contributed by atoms with van der Waals surface area (Å²) in [5.74, 6) is 0. The first-order valence-electron chi connectivity index (χ1n) is 5.37. The van der Waals surface area contributed by atoms with Gasteiger partial charge in [0.1, 0.15) is 5.69 Å². The molecule has 2 heterocycles. The highest BCUT2D eigenvalue weighted by Gasteiger charge is 2.21. The van der Waals surface area contributed by atoms with Crippen LogP contribution in [0.2, 0.25) is 0 Å². The summed E-state index contributed by atoms with van der Waals surface area (Å²) < 4.78 is 0.792. The molecule has 0 radical (unpaired) electrons. The molecule has 0 fully saturated rings. The number of nitrogens with one attached hydrogen (secondary N) is 1. The van der Waals surface area contributed by atoms with E-state index < -0.39 is 21.9 Å². The highest BCUT2D eigenvalue weighted by molar-refractivity contribution is 5.31. The minimum atomic E-state index is -0.914. The normalized spacial score (nSPS) is 10.4. The topological polar surface area (TPSA) is 111 Å². The van der Waals surface area contributed by atoms with Gasteiger partial charge in [-0.05, 0) is 24.6 Å². The zero-order valence-corrected chi connectivity index (χ0v) is 9.99. The van der Waals surface area contributed by atoms with Crippen molar-refractivity contribution in [1.29, 1.82) is 0 Å². The SMILES string of the molecule is Cc1[nH]c(=O)n(Cc2ccncc2)c(=O)c1[N+](=O)[O-]. The fourth-order valence-corrected chi connectivity index (χ4v) is 1.70. The molecule has 1 N–H and O–H groups in total. The van der Waals surface area contributed by atoms with Gasteiger partial charge in [0, 0.05) is 12.4 Å². The van der Waals surface area contributed by atoms with Gasteiger partial charge < -0.3 is 4.98 Å². The molecule has 2 rings (SSSR count). The molecule has 0 saturated heterocycles. The molecule has 0 bridgehead atoms. The van der Waals surface area contributed by atoms with Crippen LogP contribution in [0.4, 0.5) is 5.69 Å². The largest absolute Gasteiger partial charge is 0.353 e. The first-order chi connectivity index (χ1) is 9.00. The Labute approximate surface area is 106 Å². The Hall–Kier alpha value is -2.77. The summed E-state index contributed by atoms with van der Waals surface area (Å²) in [4.78, 5) is 39.8. The molecule has 0 aliphatic heterocycles. The zero-order chi connectivity index (χ0) is 14.0. The number of aromatic amines is 1. The maximum Gasteiger partial charge on any atom is 0.353 e. The number of aromatic nitrogens is 3. The molecular formula is C11H10N4O4. The monoisotopic (exact) mass is 262 g/mol. The average Bonchev–Trinajstić information content (AvgIpc) is 2.35. The van der Waals surface area contributed by atoms with Crippen LogP contribution in [0.1, 0.15) is 11.3 Å². The van der Waals surface area contributed by atoms with E-state index in [1.165, 1.54) is 19.3 Å². The number of hydrogen-bond acceptors (Lipinski definition) is 5. The lowest BCUT2D eigenvalue weighted by molar-refractivity contribution is -0.387. The molecular weight excluding hydrogens is 252 g/mol. The van der Waals surface area contributed by atoms with E-state index >= 15 is 0 Å². The summed E-state index contributed by atoms with van der Waals surface area (Å²) in [5.41, 5.74) is -1.60. The summed E-state index contributed by atoms with van der Waals surface area (Å²) in [7, 11) is 0. The Balaban J connectivity index is 2.59. The van der Waals surface area contributed by atoms with Gasteiger partial charge in [-0.3, -0.25) is 19.9 Å². The Morgan fingerprint density at radius 1 is 1.37 bits per heavy atom. The molecule has 8 heteroatoms. The Morgan fingerprint density at radius 3 is 2.58 bits per heavy atom. The van der Waals surface area contributed by atoms with Crippen LogP contribution in [0.5, 0.6) is 0 Å². The van der Waals surface area contributed by atoms with E-state index in [-0.39, 0.29) is 12.2 Å². The summed E-state index contributed by atoms with van der Waals surface area (Å²) in [6, 6.07) is 3.25. The Morgan fingerprint density at radius 2 is 2.00 bits per heavy atom. The fraction of sp³-hybridized carbons (Fsp3) is 0.182. The molecule has 0 atom stereocenters. The van der Waals surface area contributed by atoms with E-state index in [1.807, 2.05) is 0 Å². The molecule has 0 spiro atoms. The molecule has 2 aromatic rings. The van der Waals surface area contributed by atoms with Crippen LogP contribution in [0.25, 0.3) is 0 Å². The van der Waals surface area contributed by atoms with E-state index in [1.54, 1.807) is 12.1 Å². The van der Waals surface area contributed by atoms with Crippen LogP contribution in [0, 0.1) is 17.0 Å². The number of aryl methyl sites for hydroxylation is 1. The van der Waals surface area contributed by atoms with E-state index in [4.69, 9.17) is 0 Å². The first kappa shape index (κ1) is 12.7. The van der Waals surface area contributed by atoms with Gasteiger partial charge in [0.2, 0.25) is 0 Å². The lowest BCUT2D eigenvalue weighted by atomic mass is 10.2. The van der Waals surface area contributed by atoms with Gasteiger partial charge in [0.05, 0.1) is 11.5 Å². The van der Waals surface area contributed by atoms with Gasteiger partial charge in [0.25, 0.3) is 0 Å². The van der Waals surface area contributed by atoms with Crippen LogP contribution in [0.3, 0.4) is 0 Å². The number of hydrogen-bond donors (Lipinski definition) is 1. The third-order valence-electron chi connectivity index (χ3n) is 2.62. The molecule has 0 aromatic carbocycles. The van der Waals surface area contributed by atoms with Gasteiger partial charge in [-0.2, -0.15) is 0 Å². The van der Waals surface area contributed by atoms with Gasteiger partial charge in [-0.25, -0.2) is 9.36 Å². The predicted octanol–water partition coefficient (Wildman–Crippen LogP) is 0.197. The fourth-order valence-electron chi connectivity index (χ4n) is 1.70. The van der Waals surface area contributed by atoms with Crippen LogP contribution < -0.4 is 11.2 Å². The molecule has 0 aliphatic rings. The molecule has 0 saturated carbocycles. The quantitative estimate of drug-likeness (QED) is 0.627. The third-order valence-corrected chi connectivity index (χ3v) is 2.62. The maximum absolute atomic E-state index is 11.9. The Bertz CT molecular complexity index is 733. The van der Waals surface area contributed by atoms with Crippen molar-refractivity contribution in [2.24, 2.45) is 0 Å². The van der Waals surface area contributed by atoms with Gasteiger partial charge in [0.15, 0.2) is 0 Å². The maximum atomic E-state index is 11.9. The van der Waals surface area contributed by atoms with Crippen molar-refractivity contribution in [2.45, 2.75) is 13.5 Å². The molecule has 98 valence electrons. The van der Waals surface area contributed by atoms with Crippen molar-refractivity contribution >= 4 is 5.69 Å². The minimum absolute atomic E-state index is 0.0438. The highest BCUT2D eigenvalue weighted by Crippen LogP contribution is 2.06. The average molecular weight is 262 g/mol. The summed E-state index contributed by atoms with van der Waals surface area (Å²) in [6.07, 6.45) is 3.02. The highest BCUT2D eigenvalue weighted by atomic mass is 16.6. The van der Waals surface area contributed by atoms with Crippen molar-refractivity contribution in [3.05, 3.63) is 66.7 Å². The van der Waals surface area contributed by atoms with E-state index in [9.17, 15) is 19.7 Å². The van der Waals surface area contributed by atoms with Crippen molar-refractivity contribution in [1.82, 2.24) is 14.5 Å². The number of pyridine rings is 1. The summed E-state index contributed by atoms with van der Waals surface area (Å²) in [6.45, 7) is 1.27. The zero-order valence-electron chi connectivity index (χ0n) is 9.99. The molecule has 2 aromatic heterocycles. The third kappa shape index (κ3) is 2.41. The smallest absolute Gasteiger partial charge is 0.305 e. The van der Waals surface area contributed by atoms with Gasteiger partial charge in [-0.15, -0.1) is 0 Å². The number of nitro groups is 1. The second-order valence-corrected chi connectivity index (χ2v) is 3.91. The predicted molar refractivity (Wildman–Crippen MR) is 66.1 cm³/mol. The van der Waals surface area contributed by atoms with Crippen LogP contribution in [0.15, 0.2) is 34.1 Å². The van der Waals surface area contributed by atoms with Gasteiger partial charge in [-0.1, -0.05) is 0 Å². The Kier molecular flexibility index (Phi) is 3.23. The number of H-pyrrole nitrogens is 1. The van der Waals surface area contributed by atoms with Crippen molar-refractivity contribution in [3.63, 3.8) is 0 Å². The van der Waals surface area contributed by atoms with Crippen molar-refractivity contribution in [2.75, 3.05) is 0 Å². The molecule has 8 nitrogen and oxygen atoms in total. The van der Waals surface area contributed by atoms with E-state index in [2.05, 4.69) is 9.97 Å².